The average molecular weight is 486 g/mol. The molecule has 0 unspecified atom stereocenters. The van der Waals surface area contributed by atoms with Crippen molar-refractivity contribution in [3.8, 4) is 11.1 Å². The lowest BCUT2D eigenvalue weighted by Crippen LogP contribution is -2.49. The van der Waals surface area contributed by atoms with Crippen molar-refractivity contribution in [2.24, 2.45) is 0 Å². The predicted octanol–water partition coefficient (Wildman–Crippen LogP) is 7.32. The molecule has 1 fully saturated rings. The van der Waals surface area contributed by atoms with E-state index in [1.54, 1.807) is 40.9 Å². The van der Waals surface area contributed by atoms with Crippen LogP contribution in [0.1, 0.15) is 36.9 Å². The molecule has 178 valence electrons. The van der Waals surface area contributed by atoms with Crippen LogP contribution in [-0.4, -0.2) is 29.5 Å². The van der Waals surface area contributed by atoms with E-state index in [9.17, 15) is 18.0 Å². The maximum Gasteiger partial charge on any atom is 0.411 e. The molecule has 1 saturated heterocycles. The van der Waals surface area contributed by atoms with Gasteiger partial charge < -0.3 is 9.64 Å². The molecule has 1 aliphatic heterocycles. The van der Waals surface area contributed by atoms with Gasteiger partial charge in [0.1, 0.15) is 23.1 Å². The van der Waals surface area contributed by atoms with Crippen LogP contribution in [-0.2, 0) is 10.3 Å². The van der Waals surface area contributed by atoms with Crippen LogP contribution in [0.5, 0.6) is 0 Å². The van der Waals surface area contributed by atoms with E-state index in [0.717, 1.165) is 11.3 Å². The standard InChI is InChI=1S/C27H26F3NO2S/c1-18(20-5-12-24(25(30)17-20)19-3-8-22(28)9-4-19)31-15-13-27(14-16-34-2,33-26(31)32)21-6-10-23(29)11-7-21/h3-12,17-18H,13-16H2,1-2H3/t18-,27-/m0/s1. The summed E-state index contributed by atoms with van der Waals surface area (Å²) in [6, 6.07) is 16.2. The molecule has 0 aromatic heterocycles. The quantitative estimate of drug-likeness (QED) is 0.351. The van der Waals surface area contributed by atoms with Crippen molar-refractivity contribution in [2.75, 3.05) is 18.6 Å². The largest absolute Gasteiger partial charge is 0.438 e. The van der Waals surface area contributed by atoms with Crippen molar-refractivity contribution in [3.05, 3.63) is 95.3 Å². The summed E-state index contributed by atoms with van der Waals surface area (Å²) in [5, 5.41) is 0. The Morgan fingerprint density at radius 1 is 1.00 bits per heavy atom. The van der Waals surface area contributed by atoms with Crippen LogP contribution in [0.25, 0.3) is 11.1 Å². The molecule has 1 amide bonds. The Morgan fingerprint density at radius 3 is 2.24 bits per heavy atom. The fourth-order valence-corrected chi connectivity index (χ4v) is 4.93. The molecule has 1 aliphatic rings. The summed E-state index contributed by atoms with van der Waals surface area (Å²) >= 11 is 1.66. The maximum absolute atomic E-state index is 14.9. The second kappa shape index (κ2) is 10.1. The number of hydrogen-bond donors (Lipinski definition) is 0. The lowest BCUT2D eigenvalue weighted by atomic mass is 9.86. The summed E-state index contributed by atoms with van der Waals surface area (Å²) in [5.74, 6) is -0.377. The van der Waals surface area contributed by atoms with Gasteiger partial charge in [-0.2, -0.15) is 11.8 Å². The highest BCUT2D eigenvalue weighted by Gasteiger charge is 2.43. The number of ether oxygens (including phenoxy) is 1. The Balaban J connectivity index is 1.54. The molecule has 0 bridgehead atoms. The Morgan fingerprint density at radius 2 is 1.65 bits per heavy atom. The highest BCUT2D eigenvalue weighted by molar-refractivity contribution is 7.98. The van der Waals surface area contributed by atoms with Crippen LogP contribution in [0.15, 0.2) is 66.7 Å². The van der Waals surface area contributed by atoms with E-state index in [-0.39, 0.29) is 11.6 Å². The van der Waals surface area contributed by atoms with Gasteiger partial charge in [0.2, 0.25) is 0 Å². The molecule has 4 rings (SSSR count). The van der Waals surface area contributed by atoms with Crippen LogP contribution < -0.4 is 0 Å². The van der Waals surface area contributed by atoms with Crippen LogP contribution in [0.2, 0.25) is 0 Å². The Hall–Kier alpha value is -2.93. The highest BCUT2D eigenvalue weighted by atomic mass is 32.2. The van der Waals surface area contributed by atoms with Gasteiger partial charge in [0, 0.05) is 24.9 Å². The molecule has 1 heterocycles. The van der Waals surface area contributed by atoms with Crippen molar-refractivity contribution in [1.82, 2.24) is 4.90 Å². The van der Waals surface area contributed by atoms with Gasteiger partial charge in [-0.3, -0.25) is 0 Å². The van der Waals surface area contributed by atoms with Gasteiger partial charge in [0.05, 0.1) is 6.04 Å². The van der Waals surface area contributed by atoms with Crippen molar-refractivity contribution in [3.63, 3.8) is 0 Å². The molecule has 0 spiro atoms. The summed E-state index contributed by atoms with van der Waals surface area (Å²) < 4.78 is 47.6. The molecule has 0 saturated carbocycles. The molecule has 3 nitrogen and oxygen atoms in total. The molecular weight excluding hydrogens is 459 g/mol. The van der Waals surface area contributed by atoms with Crippen molar-refractivity contribution < 1.29 is 22.7 Å². The molecule has 3 aromatic rings. The number of rotatable bonds is 7. The number of nitrogens with zero attached hydrogens (tertiary/aromatic N) is 1. The lowest BCUT2D eigenvalue weighted by Gasteiger charge is -2.43. The highest BCUT2D eigenvalue weighted by Crippen LogP contribution is 2.40. The molecule has 7 heteroatoms. The first-order valence-corrected chi connectivity index (χ1v) is 12.5. The minimum atomic E-state index is -0.818. The fraction of sp³-hybridized carbons (Fsp3) is 0.296. The summed E-state index contributed by atoms with van der Waals surface area (Å²) in [7, 11) is 0. The molecule has 0 radical (unpaired) electrons. The third kappa shape index (κ3) is 4.94. The Kier molecular flexibility index (Phi) is 7.22. The molecule has 0 N–H and O–H groups in total. The minimum absolute atomic E-state index is 0.340. The average Bonchev–Trinajstić information content (AvgIpc) is 2.83. The first kappa shape index (κ1) is 24.2. The van der Waals surface area contributed by atoms with Gasteiger partial charge in [-0.25, -0.2) is 18.0 Å². The van der Waals surface area contributed by atoms with Crippen molar-refractivity contribution in [2.45, 2.75) is 31.4 Å². The lowest BCUT2D eigenvalue weighted by molar-refractivity contribution is -0.0621. The monoisotopic (exact) mass is 485 g/mol. The number of carbonyl (C=O) groups excluding carboxylic acids is 1. The van der Waals surface area contributed by atoms with E-state index in [1.165, 1.54) is 42.5 Å². The maximum atomic E-state index is 14.9. The number of cyclic esters (lactones) is 1. The second-order valence-electron chi connectivity index (χ2n) is 8.48. The van der Waals surface area contributed by atoms with Gasteiger partial charge in [-0.15, -0.1) is 0 Å². The van der Waals surface area contributed by atoms with Crippen LogP contribution in [0, 0.1) is 17.5 Å². The van der Waals surface area contributed by atoms with E-state index >= 15 is 0 Å². The number of carbonyl (C=O) groups is 1. The van der Waals surface area contributed by atoms with Crippen LogP contribution in [0.4, 0.5) is 18.0 Å². The van der Waals surface area contributed by atoms with Gasteiger partial charge in [-0.05, 0) is 66.0 Å². The smallest absolute Gasteiger partial charge is 0.411 e. The van der Waals surface area contributed by atoms with E-state index in [0.29, 0.717) is 36.1 Å². The minimum Gasteiger partial charge on any atom is -0.438 e. The summed E-state index contributed by atoms with van der Waals surface area (Å²) in [6.07, 6.45) is 2.68. The Labute approximate surface area is 201 Å². The molecule has 3 aromatic carbocycles. The topological polar surface area (TPSA) is 29.5 Å². The zero-order valence-corrected chi connectivity index (χ0v) is 19.9. The van der Waals surface area contributed by atoms with Gasteiger partial charge in [0.15, 0.2) is 0 Å². The first-order valence-electron chi connectivity index (χ1n) is 11.1. The number of halogens is 3. The number of benzene rings is 3. The molecule has 2 atom stereocenters. The number of hydrogen-bond acceptors (Lipinski definition) is 3. The van der Waals surface area contributed by atoms with Gasteiger partial charge in [0.25, 0.3) is 0 Å². The zero-order chi connectivity index (χ0) is 24.3. The van der Waals surface area contributed by atoms with Crippen LogP contribution >= 0.6 is 11.8 Å². The molecular formula is C27H26F3NO2S. The van der Waals surface area contributed by atoms with E-state index in [1.807, 2.05) is 13.2 Å². The third-order valence-corrected chi connectivity index (χ3v) is 7.06. The number of thioether (sulfide) groups is 1. The summed E-state index contributed by atoms with van der Waals surface area (Å²) in [5.41, 5.74) is 1.54. The van der Waals surface area contributed by atoms with Crippen molar-refractivity contribution >= 4 is 17.9 Å². The molecule has 0 aliphatic carbocycles. The fourth-order valence-electron chi connectivity index (χ4n) is 4.40. The normalized spacial score (nSPS) is 19.1. The Bertz CT molecular complexity index is 1150. The second-order valence-corrected chi connectivity index (χ2v) is 9.46. The van der Waals surface area contributed by atoms with Gasteiger partial charge >= 0.3 is 6.09 Å². The predicted molar refractivity (Wildman–Crippen MR) is 129 cm³/mol. The first-order chi connectivity index (χ1) is 16.3. The third-order valence-electron chi connectivity index (χ3n) is 6.45. The van der Waals surface area contributed by atoms with E-state index in [2.05, 4.69) is 0 Å². The van der Waals surface area contributed by atoms with E-state index < -0.39 is 23.6 Å². The summed E-state index contributed by atoms with van der Waals surface area (Å²) in [4.78, 5) is 14.7. The van der Waals surface area contributed by atoms with Crippen molar-refractivity contribution in [1.29, 1.82) is 0 Å². The molecule has 34 heavy (non-hydrogen) atoms. The van der Waals surface area contributed by atoms with Crippen LogP contribution in [0.3, 0.4) is 0 Å². The zero-order valence-electron chi connectivity index (χ0n) is 19.1. The SMILES string of the molecule is CSCC[C@]1(c2ccc(F)cc2)CCN([C@@H](C)c2ccc(-c3ccc(F)cc3)c(F)c2)C(=O)O1. The number of amides is 1. The van der Waals surface area contributed by atoms with E-state index in [4.69, 9.17) is 4.74 Å². The van der Waals surface area contributed by atoms with Gasteiger partial charge in [-0.1, -0.05) is 36.4 Å². The summed E-state index contributed by atoms with van der Waals surface area (Å²) in [6.45, 7) is 2.26.